The molecule has 1 N–H and O–H groups in total. The number of aromatic nitrogens is 2. The number of nitrogens with one attached hydrogen (secondary N) is 1. The quantitative estimate of drug-likeness (QED) is 0.780. The van der Waals surface area contributed by atoms with Crippen LogP contribution < -0.4 is 10.9 Å². The van der Waals surface area contributed by atoms with Crippen LogP contribution in [0.25, 0.3) is 10.9 Å². The third kappa shape index (κ3) is 2.96. The number of hydrogen-bond donors (Lipinski definition) is 1. The van der Waals surface area contributed by atoms with Crippen molar-refractivity contribution < 1.29 is 4.79 Å². The van der Waals surface area contributed by atoms with Gasteiger partial charge in [-0.3, -0.25) is 9.59 Å². The van der Waals surface area contributed by atoms with Gasteiger partial charge in [-0.25, -0.2) is 0 Å². The van der Waals surface area contributed by atoms with Crippen LogP contribution in [0.2, 0.25) is 0 Å². The van der Waals surface area contributed by atoms with Crippen molar-refractivity contribution in [1.29, 1.82) is 0 Å². The van der Waals surface area contributed by atoms with Crippen molar-refractivity contribution in [2.75, 3.05) is 6.54 Å². The Bertz CT molecular complexity index is 846. The van der Waals surface area contributed by atoms with E-state index in [4.69, 9.17) is 0 Å². The summed E-state index contributed by atoms with van der Waals surface area (Å²) in [7, 11) is 1.86. The van der Waals surface area contributed by atoms with Gasteiger partial charge in [-0.05, 0) is 34.5 Å². The first-order valence-corrected chi connectivity index (χ1v) is 8.01. The highest BCUT2D eigenvalue weighted by Crippen LogP contribution is 2.09. The lowest BCUT2D eigenvalue weighted by atomic mass is 10.2. The fraction of sp³-hybridized carbons (Fsp3) is 0.250. The van der Waals surface area contributed by atoms with Crippen LogP contribution in [-0.4, -0.2) is 21.6 Å². The molecule has 0 bridgehead atoms. The average Bonchev–Trinajstić information content (AvgIpc) is 3.12. The molecule has 0 aliphatic carbocycles. The molecule has 3 rings (SSSR count). The number of thiophene rings is 1. The fourth-order valence-electron chi connectivity index (χ4n) is 2.47. The molecular formula is C16H17N3O2S. The summed E-state index contributed by atoms with van der Waals surface area (Å²) < 4.78 is 3.45. The molecule has 0 aliphatic rings. The van der Waals surface area contributed by atoms with Crippen molar-refractivity contribution >= 4 is 28.1 Å². The van der Waals surface area contributed by atoms with Crippen molar-refractivity contribution in [1.82, 2.24) is 14.5 Å². The van der Waals surface area contributed by atoms with E-state index in [9.17, 15) is 9.59 Å². The molecule has 0 spiro atoms. The maximum atomic E-state index is 12.4. The first-order chi connectivity index (χ1) is 10.6. The minimum atomic E-state index is -0.0305. The van der Waals surface area contributed by atoms with Crippen molar-refractivity contribution in [3.63, 3.8) is 0 Å². The predicted molar refractivity (Wildman–Crippen MR) is 88.2 cm³/mol. The smallest absolute Gasteiger partial charge is 0.275 e. The largest absolute Gasteiger partial charge is 0.354 e. The number of amides is 1. The molecule has 0 radical (unpaired) electrons. The van der Waals surface area contributed by atoms with Gasteiger partial charge in [0.25, 0.3) is 5.56 Å². The lowest BCUT2D eigenvalue weighted by molar-refractivity contribution is -0.120. The monoisotopic (exact) mass is 315 g/mol. The summed E-state index contributed by atoms with van der Waals surface area (Å²) >= 11 is 1.58. The van der Waals surface area contributed by atoms with Crippen molar-refractivity contribution in [3.05, 3.63) is 57.3 Å². The molecule has 22 heavy (non-hydrogen) atoms. The Morgan fingerprint density at radius 1 is 1.27 bits per heavy atom. The summed E-state index contributed by atoms with van der Waals surface area (Å²) in [5, 5.41) is 7.71. The highest BCUT2D eigenvalue weighted by atomic mass is 32.1. The molecule has 0 aromatic carbocycles. The van der Waals surface area contributed by atoms with E-state index in [1.54, 1.807) is 22.1 Å². The van der Waals surface area contributed by atoms with Gasteiger partial charge in [0.2, 0.25) is 5.91 Å². The van der Waals surface area contributed by atoms with E-state index in [2.05, 4.69) is 5.32 Å². The molecule has 0 saturated carbocycles. The number of rotatable bonds is 5. The molecule has 114 valence electrons. The van der Waals surface area contributed by atoms with Crippen LogP contribution in [0.4, 0.5) is 0 Å². The summed E-state index contributed by atoms with van der Waals surface area (Å²) in [6, 6.07) is 5.78. The Hall–Kier alpha value is -2.34. The van der Waals surface area contributed by atoms with E-state index in [0.29, 0.717) is 25.0 Å². The number of carbonyl (C=O) groups is 1. The summed E-state index contributed by atoms with van der Waals surface area (Å²) in [6.45, 7) is 0.911. The maximum Gasteiger partial charge on any atom is 0.275 e. The Kier molecular flexibility index (Phi) is 4.11. The van der Waals surface area contributed by atoms with E-state index < -0.39 is 0 Å². The van der Waals surface area contributed by atoms with Gasteiger partial charge in [-0.1, -0.05) is 0 Å². The molecule has 6 heteroatoms. The van der Waals surface area contributed by atoms with Crippen LogP contribution in [-0.2, 0) is 24.8 Å². The number of fused-ring (bicyclic) bond motifs is 1. The summed E-state index contributed by atoms with van der Waals surface area (Å²) in [5.74, 6) is -0.0219. The first kappa shape index (κ1) is 14.6. The van der Waals surface area contributed by atoms with E-state index in [1.807, 2.05) is 46.8 Å². The SMILES string of the molecule is Cn1ccc2ccn(CCNC(=O)Cc3ccsc3)c(=O)c21. The Morgan fingerprint density at radius 3 is 2.86 bits per heavy atom. The van der Waals surface area contributed by atoms with E-state index in [1.165, 1.54) is 0 Å². The van der Waals surface area contributed by atoms with Crippen LogP contribution in [0.15, 0.2) is 46.1 Å². The average molecular weight is 315 g/mol. The lowest BCUT2D eigenvalue weighted by Gasteiger charge is -2.08. The zero-order valence-electron chi connectivity index (χ0n) is 12.3. The Balaban J connectivity index is 1.62. The lowest BCUT2D eigenvalue weighted by Crippen LogP contribution is -2.31. The van der Waals surface area contributed by atoms with E-state index >= 15 is 0 Å². The molecule has 3 aromatic heterocycles. The van der Waals surface area contributed by atoms with Crippen molar-refractivity contribution in [2.24, 2.45) is 7.05 Å². The molecule has 3 heterocycles. The number of pyridine rings is 1. The van der Waals surface area contributed by atoms with Crippen LogP contribution in [0.5, 0.6) is 0 Å². The van der Waals surface area contributed by atoms with E-state index in [-0.39, 0.29) is 11.5 Å². The standard InChI is InChI=1S/C16H17N3O2S/c1-18-6-2-13-3-7-19(16(21)15(13)18)8-5-17-14(20)10-12-4-9-22-11-12/h2-4,6-7,9,11H,5,8,10H2,1H3,(H,17,20). The molecular weight excluding hydrogens is 298 g/mol. The second-order valence-electron chi connectivity index (χ2n) is 5.20. The Labute approximate surface area is 131 Å². The van der Waals surface area contributed by atoms with Crippen molar-refractivity contribution in [3.8, 4) is 0 Å². The fourth-order valence-corrected chi connectivity index (χ4v) is 3.13. The van der Waals surface area contributed by atoms with Gasteiger partial charge in [-0.15, -0.1) is 0 Å². The molecule has 0 atom stereocenters. The molecule has 0 fully saturated rings. The van der Waals surface area contributed by atoms with Gasteiger partial charge in [0.05, 0.1) is 6.42 Å². The van der Waals surface area contributed by atoms with Crippen molar-refractivity contribution in [2.45, 2.75) is 13.0 Å². The highest BCUT2D eigenvalue weighted by molar-refractivity contribution is 7.07. The maximum absolute atomic E-state index is 12.4. The number of aryl methyl sites for hydroxylation is 1. The third-order valence-corrected chi connectivity index (χ3v) is 4.35. The molecule has 0 aliphatic heterocycles. The molecule has 3 aromatic rings. The van der Waals surface area contributed by atoms with Crippen LogP contribution in [0.1, 0.15) is 5.56 Å². The number of carbonyl (C=O) groups excluding carboxylic acids is 1. The van der Waals surface area contributed by atoms with Gasteiger partial charge in [0.1, 0.15) is 5.52 Å². The summed E-state index contributed by atoms with van der Waals surface area (Å²) in [5.41, 5.74) is 1.68. The highest BCUT2D eigenvalue weighted by Gasteiger charge is 2.07. The minimum absolute atomic E-state index is 0.0219. The zero-order valence-corrected chi connectivity index (χ0v) is 13.1. The summed E-state index contributed by atoms with van der Waals surface area (Å²) in [6.07, 6.45) is 4.03. The first-order valence-electron chi connectivity index (χ1n) is 7.07. The number of hydrogen-bond acceptors (Lipinski definition) is 3. The van der Waals surface area contributed by atoms with Gasteiger partial charge in [0.15, 0.2) is 0 Å². The van der Waals surface area contributed by atoms with Crippen LogP contribution in [0.3, 0.4) is 0 Å². The van der Waals surface area contributed by atoms with Gasteiger partial charge >= 0.3 is 0 Å². The van der Waals surface area contributed by atoms with Crippen LogP contribution in [0, 0.1) is 0 Å². The summed E-state index contributed by atoms with van der Waals surface area (Å²) in [4.78, 5) is 24.2. The van der Waals surface area contributed by atoms with E-state index in [0.717, 1.165) is 10.9 Å². The molecule has 5 nitrogen and oxygen atoms in total. The van der Waals surface area contributed by atoms with Gasteiger partial charge < -0.3 is 14.5 Å². The third-order valence-electron chi connectivity index (χ3n) is 3.62. The van der Waals surface area contributed by atoms with Gasteiger partial charge in [-0.2, -0.15) is 11.3 Å². The second-order valence-corrected chi connectivity index (χ2v) is 5.98. The van der Waals surface area contributed by atoms with Gasteiger partial charge in [0, 0.05) is 37.9 Å². The zero-order chi connectivity index (χ0) is 15.5. The molecule has 1 amide bonds. The molecule has 0 saturated heterocycles. The number of nitrogens with zero attached hydrogens (tertiary/aromatic N) is 2. The molecule has 0 unspecified atom stereocenters. The minimum Gasteiger partial charge on any atom is -0.354 e. The van der Waals surface area contributed by atoms with Crippen LogP contribution >= 0.6 is 11.3 Å². The second kappa shape index (κ2) is 6.19. The topological polar surface area (TPSA) is 56.0 Å². The normalized spacial score (nSPS) is 11.0. The predicted octanol–water partition coefficient (Wildman–Crippen LogP) is 1.76. The Morgan fingerprint density at radius 2 is 2.09 bits per heavy atom.